The third-order valence-corrected chi connectivity index (χ3v) is 6.01. The van der Waals surface area contributed by atoms with Gasteiger partial charge in [-0.15, -0.1) is 0 Å². The quantitative estimate of drug-likeness (QED) is 0.243. The number of rotatable bonds is 6. The molecule has 206 valence electrons. The number of aromatic amines is 1. The molecule has 0 amide bonds. The van der Waals surface area contributed by atoms with E-state index in [1.165, 1.54) is 0 Å². The van der Waals surface area contributed by atoms with E-state index in [1.54, 1.807) is 44.7 Å². The molecule has 0 aliphatic rings. The average molecular weight is 553 g/mol. The predicted molar refractivity (Wildman–Crippen MR) is 140 cm³/mol. The predicted octanol–water partition coefficient (Wildman–Crippen LogP) is 5.72. The fourth-order valence-corrected chi connectivity index (χ4v) is 4.24. The number of hydrogen-bond donors (Lipinski definition) is 3. The number of benzene rings is 3. The fraction of sp³-hybridized carbons (Fsp3) is 0.143. The van der Waals surface area contributed by atoms with E-state index in [-0.39, 0.29) is 5.56 Å². The minimum Gasteiger partial charge on any atom is -0.493 e. The lowest BCUT2D eigenvalue weighted by Gasteiger charge is -2.18. The molecule has 0 aliphatic heterocycles. The Labute approximate surface area is 224 Å². The maximum absolute atomic E-state index is 11.3. The smallest absolute Gasteiger partial charge is 0.490 e. The van der Waals surface area contributed by atoms with Gasteiger partial charge in [-0.1, -0.05) is 42.5 Å². The Hall–Kier alpha value is -5.13. The Morgan fingerprint density at radius 1 is 0.950 bits per heavy atom. The lowest BCUT2D eigenvalue weighted by molar-refractivity contribution is -0.192. The molecule has 0 bridgehead atoms. The molecule has 0 aliphatic carbocycles. The van der Waals surface area contributed by atoms with Gasteiger partial charge in [0.15, 0.2) is 17.1 Å². The number of H-pyrrole nitrogens is 1. The number of pyridine rings is 1. The van der Waals surface area contributed by atoms with Crippen molar-refractivity contribution in [2.24, 2.45) is 0 Å². The van der Waals surface area contributed by atoms with Crippen molar-refractivity contribution in [1.29, 1.82) is 0 Å². The third kappa shape index (κ3) is 5.65. The second-order valence-corrected chi connectivity index (χ2v) is 8.45. The highest BCUT2D eigenvalue weighted by Crippen LogP contribution is 2.44. The number of fused-ring (bicyclic) bond motifs is 3. The summed E-state index contributed by atoms with van der Waals surface area (Å²) in [6.45, 7) is 0. The van der Waals surface area contributed by atoms with Crippen molar-refractivity contribution in [3.8, 4) is 22.8 Å². The van der Waals surface area contributed by atoms with E-state index in [1.807, 2.05) is 24.3 Å². The van der Waals surface area contributed by atoms with Crippen LogP contribution in [0.5, 0.6) is 11.5 Å². The van der Waals surface area contributed by atoms with Gasteiger partial charge in [-0.2, -0.15) is 18.3 Å². The maximum atomic E-state index is 11.3. The van der Waals surface area contributed by atoms with Gasteiger partial charge in [0, 0.05) is 33.7 Å². The van der Waals surface area contributed by atoms with Crippen LogP contribution in [0.3, 0.4) is 0 Å². The first-order valence-corrected chi connectivity index (χ1v) is 11.6. The molecule has 40 heavy (non-hydrogen) atoms. The van der Waals surface area contributed by atoms with Crippen LogP contribution < -0.4 is 9.47 Å². The Morgan fingerprint density at radius 2 is 1.60 bits per heavy atom. The maximum Gasteiger partial charge on any atom is 0.490 e. The van der Waals surface area contributed by atoms with Gasteiger partial charge in [0.05, 0.1) is 31.7 Å². The Bertz CT molecular complexity index is 1680. The summed E-state index contributed by atoms with van der Waals surface area (Å²) in [7, 11) is 3.25. The average Bonchev–Trinajstić information content (AvgIpc) is 3.41. The summed E-state index contributed by atoms with van der Waals surface area (Å²) in [6.07, 6.45) is -2.69. The summed E-state index contributed by atoms with van der Waals surface area (Å²) >= 11 is 0. The normalized spacial score (nSPS) is 11.1. The molecule has 9 nitrogen and oxygen atoms in total. The molecule has 3 aromatic carbocycles. The molecule has 0 radical (unpaired) electrons. The highest BCUT2D eigenvalue weighted by Gasteiger charge is 2.38. The first kappa shape index (κ1) is 27.9. The Morgan fingerprint density at radius 3 is 2.15 bits per heavy atom. The number of methoxy groups -OCH3 is 2. The number of aromatic carboxylic acids is 1. The van der Waals surface area contributed by atoms with E-state index < -0.39 is 18.1 Å². The Balaban J connectivity index is 0.000000470. The molecular weight excluding hydrogens is 531 g/mol. The molecule has 0 unspecified atom stereocenters. The molecule has 2 heterocycles. The molecule has 5 rings (SSSR count). The molecular formula is C28H22F3N3O6. The molecule has 0 saturated heterocycles. The van der Waals surface area contributed by atoms with Crippen LogP contribution in [0.15, 0.2) is 66.9 Å². The first-order valence-electron chi connectivity index (χ1n) is 11.6. The number of nitrogens with zero attached hydrogens (tertiary/aromatic N) is 2. The summed E-state index contributed by atoms with van der Waals surface area (Å²) in [4.78, 5) is 25.0. The van der Waals surface area contributed by atoms with E-state index in [4.69, 9.17) is 24.4 Å². The zero-order chi connectivity index (χ0) is 29.0. The third-order valence-electron chi connectivity index (χ3n) is 6.01. The summed E-state index contributed by atoms with van der Waals surface area (Å²) in [5.41, 5.74) is 4.45. The summed E-state index contributed by atoms with van der Waals surface area (Å²) in [5.74, 6) is -2.47. The first-order chi connectivity index (χ1) is 19.0. The van der Waals surface area contributed by atoms with Crippen LogP contribution in [-0.2, 0) is 11.2 Å². The number of aliphatic carboxylic acids is 1. The molecule has 0 spiro atoms. The van der Waals surface area contributed by atoms with Gasteiger partial charge in [-0.05, 0) is 23.8 Å². The van der Waals surface area contributed by atoms with Crippen molar-refractivity contribution in [2.75, 3.05) is 14.2 Å². The van der Waals surface area contributed by atoms with Gasteiger partial charge in [-0.3, -0.25) is 5.10 Å². The van der Waals surface area contributed by atoms with E-state index in [9.17, 15) is 23.1 Å². The monoisotopic (exact) mass is 553 g/mol. The number of halogens is 3. The lowest BCUT2D eigenvalue weighted by Crippen LogP contribution is -2.21. The van der Waals surface area contributed by atoms with Crippen molar-refractivity contribution in [2.45, 2.75) is 12.6 Å². The number of hydrogen-bond acceptors (Lipinski definition) is 6. The van der Waals surface area contributed by atoms with Gasteiger partial charge < -0.3 is 19.7 Å². The number of carbonyl (C=O) groups is 2. The van der Waals surface area contributed by atoms with Crippen molar-refractivity contribution in [1.82, 2.24) is 15.2 Å². The van der Waals surface area contributed by atoms with Crippen LogP contribution in [0.1, 0.15) is 21.5 Å². The van der Waals surface area contributed by atoms with Crippen LogP contribution in [-0.4, -0.2) is 57.7 Å². The van der Waals surface area contributed by atoms with Crippen molar-refractivity contribution in [3.63, 3.8) is 0 Å². The minimum atomic E-state index is -5.08. The zero-order valence-corrected chi connectivity index (χ0v) is 21.1. The molecule has 2 aromatic heterocycles. The number of nitrogens with one attached hydrogen (secondary N) is 1. The van der Waals surface area contributed by atoms with Gasteiger partial charge in [-0.25, -0.2) is 14.6 Å². The molecule has 3 N–H and O–H groups in total. The number of aromatic nitrogens is 3. The molecule has 12 heteroatoms. The topological polar surface area (TPSA) is 135 Å². The van der Waals surface area contributed by atoms with Gasteiger partial charge in [0.2, 0.25) is 0 Å². The standard InChI is InChI=1S/C26H21N3O4.C2HF3O2/c1-32-21-13-18-22(19(24(21)33-2)12-15-6-4-3-5-7-15)20-14-27-29-25(20)28-23(18)16-8-10-17(11-9-16)26(30)31;3-2(4,5)1(6)7/h3-11,13-14H,12H2,1-2H3,(H,30,31)(H,27,28,29);(H,6,7). The van der Waals surface area contributed by atoms with E-state index >= 15 is 0 Å². The number of carboxylic acids is 2. The second kappa shape index (κ2) is 11.3. The van der Waals surface area contributed by atoms with Crippen molar-refractivity contribution >= 4 is 33.7 Å². The van der Waals surface area contributed by atoms with Gasteiger partial charge >= 0.3 is 18.1 Å². The fourth-order valence-electron chi connectivity index (χ4n) is 4.24. The molecule has 0 atom stereocenters. The summed E-state index contributed by atoms with van der Waals surface area (Å²) < 4.78 is 43.3. The molecule has 0 fully saturated rings. The van der Waals surface area contributed by atoms with Gasteiger partial charge in [0.1, 0.15) is 0 Å². The molecule has 5 aromatic rings. The van der Waals surface area contributed by atoms with Crippen LogP contribution in [0.25, 0.3) is 33.1 Å². The van der Waals surface area contributed by atoms with E-state index in [0.29, 0.717) is 29.3 Å². The summed E-state index contributed by atoms with van der Waals surface area (Å²) in [6, 6.07) is 18.8. The van der Waals surface area contributed by atoms with Crippen LogP contribution >= 0.6 is 0 Å². The number of alkyl halides is 3. The number of ether oxygens (including phenoxy) is 2. The van der Waals surface area contributed by atoms with Crippen molar-refractivity contribution < 1.29 is 42.4 Å². The lowest BCUT2D eigenvalue weighted by atomic mass is 9.93. The molecule has 0 saturated carbocycles. The zero-order valence-electron chi connectivity index (χ0n) is 21.1. The highest BCUT2D eigenvalue weighted by atomic mass is 19.4. The van der Waals surface area contributed by atoms with Crippen molar-refractivity contribution in [3.05, 3.63) is 83.6 Å². The minimum absolute atomic E-state index is 0.217. The highest BCUT2D eigenvalue weighted by molar-refractivity contribution is 6.13. The SMILES string of the molecule is COc1cc2c(-c3ccc(C(=O)O)cc3)nc3[nH]ncc3c2c(Cc2ccccc2)c1OC.O=C(O)C(F)(F)F. The van der Waals surface area contributed by atoms with Gasteiger partial charge in [0.25, 0.3) is 0 Å². The Kier molecular flexibility index (Phi) is 7.89. The van der Waals surface area contributed by atoms with Crippen LogP contribution in [0, 0.1) is 0 Å². The van der Waals surface area contributed by atoms with Crippen LogP contribution in [0.2, 0.25) is 0 Å². The number of carboxylic acid groups (broad SMARTS) is 2. The largest absolute Gasteiger partial charge is 0.493 e. The van der Waals surface area contributed by atoms with E-state index in [2.05, 4.69) is 22.3 Å². The second-order valence-electron chi connectivity index (χ2n) is 8.45. The van der Waals surface area contributed by atoms with E-state index in [0.717, 1.165) is 32.8 Å². The van der Waals surface area contributed by atoms with Crippen LogP contribution in [0.4, 0.5) is 13.2 Å². The summed E-state index contributed by atoms with van der Waals surface area (Å²) in [5, 5.41) is 26.3.